The summed E-state index contributed by atoms with van der Waals surface area (Å²) >= 11 is 0. The first-order valence-electron chi connectivity index (χ1n) is 8.73. The summed E-state index contributed by atoms with van der Waals surface area (Å²) in [4.78, 5) is 22.0. The maximum atomic E-state index is 14.7. The molecule has 0 aliphatic carbocycles. The van der Waals surface area contributed by atoms with Crippen LogP contribution in [0, 0.1) is 11.6 Å². The van der Waals surface area contributed by atoms with Crippen molar-refractivity contribution in [2.24, 2.45) is 0 Å². The second kappa shape index (κ2) is 6.23. The molecule has 1 aliphatic heterocycles. The number of rotatable bonds is 3. The van der Waals surface area contributed by atoms with Crippen LogP contribution in [0.4, 0.5) is 8.78 Å². The Morgan fingerprint density at radius 2 is 1.89 bits per heavy atom. The molecule has 0 saturated carbocycles. The number of aromatic nitrogens is 3. The van der Waals surface area contributed by atoms with Crippen LogP contribution in [0.2, 0.25) is 0 Å². The Morgan fingerprint density at radius 1 is 1.07 bits per heavy atom. The van der Waals surface area contributed by atoms with Gasteiger partial charge in [0.25, 0.3) is 5.91 Å². The number of fused-ring (bicyclic) bond motifs is 2. The predicted octanol–water partition coefficient (Wildman–Crippen LogP) is 3.83. The van der Waals surface area contributed by atoms with E-state index in [2.05, 4.69) is 9.97 Å². The van der Waals surface area contributed by atoms with Crippen LogP contribution in [0.25, 0.3) is 16.6 Å². The lowest BCUT2D eigenvalue weighted by Crippen LogP contribution is -2.24. The third kappa shape index (κ3) is 2.63. The topological polar surface area (TPSA) is 50.5 Å². The minimum Gasteiger partial charge on any atom is -0.328 e. The van der Waals surface area contributed by atoms with E-state index in [0.717, 1.165) is 5.52 Å². The van der Waals surface area contributed by atoms with Crippen LogP contribution in [0.15, 0.2) is 61.3 Å². The van der Waals surface area contributed by atoms with Gasteiger partial charge in [0.2, 0.25) is 0 Å². The molecule has 1 amide bonds. The molecule has 4 aromatic rings. The average molecular weight is 376 g/mol. The Balaban J connectivity index is 1.46. The van der Waals surface area contributed by atoms with E-state index in [4.69, 9.17) is 0 Å². The van der Waals surface area contributed by atoms with E-state index in [0.29, 0.717) is 22.4 Å². The van der Waals surface area contributed by atoms with Gasteiger partial charge in [-0.2, -0.15) is 0 Å². The lowest BCUT2D eigenvalue weighted by atomic mass is 10.0. The summed E-state index contributed by atoms with van der Waals surface area (Å²) in [6.07, 6.45) is 6.70. The van der Waals surface area contributed by atoms with Crippen molar-refractivity contribution < 1.29 is 13.6 Å². The second-order valence-corrected chi connectivity index (χ2v) is 6.72. The lowest BCUT2D eigenvalue weighted by molar-refractivity contribution is 0.0763. The summed E-state index contributed by atoms with van der Waals surface area (Å²) in [6, 6.07) is 9.56. The van der Waals surface area contributed by atoms with Crippen molar-refractivity contribution in [3.05, 3.63) is 89.8 Å². The second-order valence-electron chi connectivity index (χ2n) is 6.72. The van der Waals surface area contributed by atoms with Crippen molar-refractivity contribution in [2.45, 2.75) is 13.1 Å². The monoisotopic (exact) mass is 376 g/mol. The molecule has 5 nitrogen and oxygen atoms in total. The van der Waals surface area contributed by atoms with Crippen LogP contribution in [0.5, 0.6) is 0 Å². The Kier molecular flexibility index (Phi) is 3.68. The zero-order chi connectivity index (χ0) is 19.3. The molecule has 0 saturated heterocycles. The number of carbonyl (C=O) groups is 1. The van der Waals surface area contributed by atoms with E-state index in [-0.39, 0.29) is 24.6 Å². The number of benzene rings is 1. The van der Waals surface area contributed by atoms with Crippen LogP contribution < -0.4 is 0 Å². The van der Waals surface area contributed by atoms with Gasteiger partial charge in [-0.25, -0.2) is 13.8 Å². The van der Waals surface area contributed by atoms with Crippen LogP contribution >= 0.6 is 0 Å². The van der Waals surface area contributed by atoms with E-state index in [9.17, 15) is 13.6 Å². The fourth-order valence-corrected chi connectivity index (χ4v) is 3.51. The average Bonchev–Trinajstić information content (AvgIpc) is 3.29. The van der Waals surface area contributed by atoms with Crippen LogP contribution in [0.1, 0.15) is 21.6 Å². The van der Waals surface area contributed by atoms with Gasteiger partial charge < -0.3 is 9.30 Å². The highest BCUT2D eigenvalue weighted by molar-refractivity contribution is 5.97. The zero-order valence-corrected chi connectivity index (χ0v) is 14.6. The summed E-state index contributed by atoms with van der Waals surface area (Å²) < 4.78 is 31.3. The maximum Gasteiger partial charge on any atom is 0.256 e. The van der Waals surface area contributed by atoms with Crippen LogP contribution in [-0.4, -0.2) is 25.2 Å². The number of nitrogens with zero attached hydrogens (tertiary/aromatic N) is 4. The molecule has 0 radical (unpaired) electrons. The largest absolute Gasteiger partial charge is 0.328 e. The molecule has 4 heterocycles. The van der Waals surface area contributed by atoms with Crippen LogP contribution in [0.3, 0.4) is 0 Å². The van der Waals surface area contributed by atoms with Crippen molar-refractivity contribution in [3.8, 4) is 11.1 Å². The standard InChI is InChI=1S/C21H14F2N4O/c22-18-6-14(13-3-4-15-8-24-12-27(15)9-13)7-19(23)17(18)10-26-11-20-16(21(26)28)2-1-5-25-20/h1-9,12H,10-11H2. The highest BCUT2D eigenvalue weighted by Gasteiger charge is 2.29. The molecule has 0 N–H and O–H groups in total. The molecular formula is C21H14F2N4O. The van der Waals surface area contributed by atoms with Crippen molar-refractivity contribution in [1.29, 1.82) is 0 Å². The van der Waals surface area contributed by atoms with E-state index in [1.807, 2.05) is 6.07 Å². The zero-order valence-electron chi connectivity index (χ0n) is 14.6. The number of hydrogen-bond acceptors (Lipinski definition) is 3. The highest BCUT2D eigenvalue weighted by atomic mass is 19.1. The summed E-state index contributed by atoms with van der Waals surface area (Å²) in [5.74, 6) is -1.63. The first kappa shape index (κ1) is 16.6. The lowest BCUT2D eigenvalue weighted by Gasteiger charge is -2.17. The first-order chi connectivity index (χ1) is 13.6. The van der Waals surface area contributed by atoms with Gasteiger partial charge in [0.05, 0.1) is 42.4 Å². The third-order valence-electron chi connectivity index (χ3n) is 4.98. The van der Waals surface area contributed by atoms with Gasteiger partial charge in [0.1, 0.15) is 11.6 Å². The molecule has 0 bridgehead atoms. The molecule has 7 heteroatoms. The Labute approximate surface area is 158 Å². The van der Waals surface area contributed by atoms with Crippen molar-refractivity contribution in [2.75, 3.05) is 0 Å². The first-order valence-corrected chi connectivity index (χ1v) is 8.73. The van der Waals surface area contributed by atoms with E-state index in [1.165, 1.54) is 17.0 Å². The number of hydrogen-bond donors (Lipinski definition) is 0. The van der Waals surface area contributed by atoms with Gasteiger partial charge in [0, 0.05) is 18.0 Å². The number of halogens is 2. The molecule has 0 atom stereocenters. The highest BCUT2D eigenvalue weighted by Crippen LogP contribution is 2.28. The number of pyridine rings is 2. The molecule has 28 heavy (non-hydrogen) atoms. The molecule has 1 aromatic carbocycles. The van der Waals surface area contributed by atoms with Gasteiger partial charge >= 0.3 is 0 Å². The molecule has 0 unspecified atom stereocenters. The summed E-state index contributed by atoms with van der Waals surface area (Å²) in [5.41, 5.74) is 2.96. The molecule has 0 spiro atoms. The van der Waals surface area contributed by atoms with Crippen molar-refractivity contribution in [3.63, 3.8) is 0 Å². The van der Waals surface area contributed by atoms with Gasteiger partial charge in [-0.1, -0.05) is 6.07 Å². The Hall–Kier alpha value is -3.61. The number of amides is 1. The molecular weight excluding hydrogens is 362 g/mol. The van der Waals surface area contributed by atoms with E-state index < -0.39 is 11.6 Å². The van der Waals surface area contributed by atoms with Crippen molar-refractivity contribution in [1.82, 2.24) is 19.3 Å². The van der Waals surface area contributed by atoms with Crippen LogP contribution in [-0.2, 0) is 13.1 Å². The van der Waals surface area contributed by atoms with Gasteiger partial charge in [-0.3, -0.25) is 9.78 Å². The molecule has 1 aliphatic rings. The summed E-state index contributed by atoms with van der Waals surface area (Å²) in [5, 5.41) is 0. The molecule has 138 valence electrons. The maximum absolute atomic E-state index is 14.7. The quantitative estimate of drug-likeness (QED) is 0.546. The fourth-order valence-electron chi connectivity index (χ4n) is 3.51. The summed E-state index contributed by atoms with van der Waals surface area (Å²) in [6.45, 7) is 0.0978. The van der Waals surface area contributed by atoms with Gasteiger partial charge in [0.15, 0.2) is 0 Å². The smallest absolute Gasteiger partial charge is 0.256 e. The summed E-state index contributed by atoms with van der Waals surface area (Å²) in [7, 11) is 0. The molecule has 3 aromatic heterocycles. The normalized spacial score (nSPS) is 13.4. The minimum absolute atomic E-state index is 0.131. The number of imidazole rings is 1. The Morgan fingerprint density at radius 3 is 2.68 bits per heavy atom. The third-order valence-corrected chi connectivity index (χ3v) is 4.98. The predicted molar refractivity (Wildman–Crippen MR) is 98.4 cm³/mol. The van der Waals surface area contributed by atoms with E-state index >= 15 is 0 Å². The minimum atomic E-state index is -0.683. The number of carbonyl (C=O) groups excluding carboxylic acids is 1. The van der Waals surface area contributed by atoms with Gasteiger partial charge in [-0.05, 0) is 41.5 Å². The van der Waals surface area contributed by atoms with Gasteiger partial charge in [-0.15, -0.1) is 0 Å². The van der Waals surface area contributed by atoms with Crippen molar-refractivity contribution >= 4 is 11.4 Å². The molecule has 5 rings (SSSR count). The Bertz CT molecular complexity index is 1210. The molecule has 0 fully saturated rings. The SMILES string of the molecule is O=C1c2cccnc2CN1Cc1c(F)cc(-c2ccc3cncn3c2)cc1F. The van der Waals surface area contributed by atoms with E-state index in [1.54, 1.807) is 47.5 Å². The fraction of sp³-hybridized carbons (Fsp3) is 0.0952.